The molecule has 1 aromatic heterocycles. The van der Waals surface area contributed by atoms with E-state index in [1.54, 1.807) is 7.11 Å². The van der Waals surface area contributed by atoms with Gasteiger partial charge in [-0.15, -0.1) is 0 Å². The number of para-hydroxylation sites is 2. The molecule has 3 aromatic rings. The summed E-state index contributed by atoms with van der Waals surface area (Å²) in [6.07, 6.45) is 0. The predicted molar refractivity (Wildman–Crippen MR) is 71.5 cm³/mol. The molecule has 0 spiro atoms. The molecule has 0 aliphatic rings. The third-order valence-electron chi connectivity index (χ3n) is 2.78. The quantitative estimate of drug-likeness (QED) is 0.684. The maximum atomic E-state index is 5.33. The minimum Gasteiger partial charge on any atom is -0.479 e. The zero-order valence-electron chi connectivity index (χ0n) is 10.00. The van der Waals surface area contributed by atoms with Gasteiger partial charge >= 0.3 is 0 Å². The van der Waals surface area contributed by atoms with E-state index in [4.69, 9.17) is 4.74 Å². The molecule has 0 amide bonds. The second kappa shape index (κ2) is 4.45. The summed E-state index contributed by atoms with van der Waals surface area (Å²) in [4.78, 5) is 9.11. The average molecular weight is 236 g/mol. The van der Waals surface area contributed by atoms with E-state index in [0.717, 1.165) is 22.3 Å². The van der Waals surface area contributed by atoms with Crippen molar-refractivity contribution < 1.29 is 4.74 Å². The van der Waals surface area contributed by atoms with Crippen molar-refractivity contribution in [3.8, 4) is 17.1 Å². The summed E-state index contributed by atoms with van der Waals surface area (Å²) in [6, 6.07) is 17.7. The lowest BCUT2D eigenvalue weighted by Crippen LogP contribution is -1.96. The van der Waals surface area contributed by atoms with Crippen molar-refractivity contribution in [2.24, 2.45) is 0 Å². The maximum Gasteiger partial charge on any atom is 0.240 e. The molecule has 0 unspecified atom stereocenters. The van der Waals surface area contributed by atoms with Crippen molar-refractivity contribution in [3.63, 3.8) is 0 Å². The molecule has 0 aliphatic heterocycles. The third kappa shape index (κ3) is 1.80. The molecule has 0 saturated carbocycles. The Labute approximate surface area is 105 Å². The molecule has 0 atom stereocenters. The van der Waals surface area contributed by atoms with E-state index in [0.29, 0.717) is 5.88 Å². The van der Waals surface area contributed by atoms with Crippen LogP contribution in [0.15, 0.2) is 54.6 Å². The van der Waals surface area contributed by atoms with Gasteiger partial charge in [-0.2, -0.15) is 0 Å². The van der Waals surface area contributed by atoms with Crippen LogP contribution in [0.25, 0.3) is 22.3 Å². The van der Waals surface area contributed by atoms with Crippen LogP contribution in [0.3, 0.4) is 0 Å². The van der Waals surface area contributed by atoms with E-state index in [2.05, 4.69) is 9.97 Å². The molecule has 0 bridgehead atoms. The molecular weight excluding hydrogens is 224 g/mol. The summed E-state index contributed by atoms with van der Waals surface area (Å²) >= 11 is 0. The third-order valence-corrected chi connectivity index (χ3v) is 2.78. The lowest BCUT2D eigenvalue weighted by atomic mass is 10.1. The van der Waals surface area contributed by atoms with Crippen LogP contribution in [0.4, 0.5) is 0 Å². The van der Waals surface area contributed by atoms with E-state index in [1.165, 1.54) is 0 Å². The van der Waals surface area contributed by atoms with E-state index in [9.17, 15) is 0 Å². The van der Waals surface area contributed by atoms with Gasteiger partial charge in [0.05, 0.1) is 18.1 Å². The molecule has 3 heteroatoms. The minimum atomic E-state index is 0.555. The largest absolute Gasteiger partial charge is 0.479 e. The summed E-state index contributed by atoms with van der Waals surface area (Å²) < 4.78 is 5.33. The highest BCUT2D eigenvalue weighted by Crippen LogP contribution is 2.27. The number of ether oxygens (including phenoxy) is 1. The molecule has 3 nitrogen and oxygen atoms in total. The second-order valence-corrected chi connectivity index (χ2v) is 3.94. The Morgan fingerprint density at radius 3 is 2.06 bits per heavy atom. The lowest BCUT2D eigenvalue weighted by molar-refractivity contribution is 0.400. The van der Waals surface area contributed by atoms with Crippen LogP contribution in [-0.4, -0.2) is 17.1 Å². The fourth-order valence-corrected chi connectivity index (χ4v) is 1.91. The fourth-order valence-electron chi connectivity index (χ4n) is 1.91. The highest BCUT2D eigenvalue weighted by atomic mass is 16.5. The molecule has 0 N–H and O–H groups in total. The number of methoxy groups -OCH3 is 1. The minimum absolute atomic E-state index is 0.555. The predicted octanol–water partition coefficient (Wildman–Crippen LogP) is 3.31. The van der Waals surface area contributed by atoms with Gasteiger partial charge in [-0.05, 0) is 12.1 Å². The first-order valence-corrected chi connectivity index (χ1v) is 5.74. The molecule has 18 heavy (non-hydrogen) atoms. The van der Waals surface area contributed by atoms with E-state index in [-0.39, 0.29) is 0 Å². The fraction of sp³-hybridized carbons (Fsp3) is 0.0667. The molecular formula is C15H12N2O. The van der Waals surface area contributed by atoms with Crippen molar-refractivity contribution in [2.75, 3.05) is 7.11 Å². The van der Waals surface area contributed by atoms with Crippen LogP contribution >= 0.6 is 0 Å². The number of hydrogen-bond acceptors (Lipinski definition) is 3. The number of nitrogens with zero attached hydrogens (tertiary/aromatic N) is 2. The topological polar surface area (TPSA) is 35.0 Å². The first-order valence-electron chi connectivity index (χ1n) is 5.74. The first kappa shape index (κ1) is 10.7. The van der Waals surface area contributed by atoms with Gasteiger partial charge in [0.15, 0.2) is 0 Å². The lowest BCUT2D eigenvalue weighted by Gasteiger charge is -2.08. The summed E-state index contributed by atoms with van der Waals surface area (Å²) in [5.74, 6) is 0.555. The SMILES string of the molecule is COc1nc2ccccc2nc1-c1ccccc1. The smallest absolute Gasteiger partial charge is 0.240 e. The van der Waals surface area contributed by atoms with Crippen LogP contribution in [-0.2, 0) is 0 Å². The molecule has 2 aromatic carbocycles. The summed E-state index contributed by atoms with van der Waals surface area (Å²) in [5.41, 5.74) is 3.50. The summed E-state index contributed by atoms with van der Waals surface area (Å²) in [6.45, 7) is 0. The van der Waals surface area contributed by atoms with Gasteiger partial charge < -0.3 is 4.74 Å². The van der Waals surface area contributed by atoms with Crippen LogP contribution in [0.2, 0.25) is 0 Å². The normalized spacial score (nSPS) is 10.5. The van der Waals surface area contributed by atoms with Gasteiger partial charge in [0.25, 0.3) is 0 Å². The van der Waals surface area contributed by atoms with Gasteiger partial charge in [-0.25, -0.2) is 9.97 Å². The van der Waals surface area contributed by atoms with Crippen molar-refractivity contribution in [3.05, 3.63) is 54.6 Å². The van der Waals surface area contributed by atoms with Gasteiger partial charge in [-0.1, -0.05) is 42.5 Å². The Hall–Kier alpha value is -2.42. The molecule has 0 saturated heterocycles. The van der Waals surface area contributed by atoms with Gasteiger partial charge in [0.1, 0.15) is 5.69 Å². The molecule has 3 rings (SSSR count). The van der Waals surface area contributed by atoms with Crippen molar-refractivity contribution in [2.45, 2.75) is 0 Å². The van der Waals surface area contributed by atoms with E-state index >= 15 is 0 Å². The Kier molecular flexibility index (Phi) is 2.65. The van der Waals surface area contributed by atoms with Crippen LogP contribution in [0.1, 0.15) is 0 Å². The van der Waals surface area contributed by atoms with Crippen LogP contribution in [0.5, 0.6) is 5.88 Å². The van der Waals surface area contributed by atoms with Crippen molar-refractivity contribution in [1.82, 2.24) is 9.97 Å². The van der Waals surface area contributed by atoms with Crippen molar-refractivity contribution in [1.29, 1.82) is 0 Å². The molecule has 1 heterocycles. The van der Waals surface area contributed by atoms with Gasteiger partial charge in [-0.3, -0.25) is 0 Å². The second-order valence-electron chi connectivity index (χ2n) is 3.94. The van der Waals surface area contributed by atoms with E-state index < -0.39 is 0 Å². The summed E-state index contributed by atoms with van der Waals surface area (Å²) in [5, 5.41) is 0. The number of fused-ring (bicyclic) bond motifs is 1. The average Bonchev–Trinajstić information content (AvgIpc) is 2.46. The molecule has 88 valence electrons. The monoisotopic (exact) mass is 236 g/mol. The highest BCUT2D eigenvalue weighted by Gasteiger charge is 2.10. The number of rotatable bonds is 2. The first-order chi connectivity index (χ1) is 8.88. The van der Waals surface area contributed by atoms with Gasteiger partial charge in [0, 0.05) is 5.56 Å². The highest BCUT2D eigenvalue weighted by molar-refractivity contribution is 5.79. The Morgan fingerprint density at radius 2 is 1.39 bits per heavy atom. The number of aromatic nitrogens is 2. The molecule has 0 fully saturated rings. The van der Waals surface area contributed by atoms with Crippen molar-refractivity contribution >= 4 is 11.0 Å². The Balaban J connectivity index is 2.27. The maximum absolute atomic E-state index is 5.33. The van der Waals surface area contributed by atoms with Crippen LogP contribution in [0, 0.1) is 0 Å². The molecule has 0 aliphatic carbocycles. The van der Waals surface area contributed by atoms with Crippen LogP contribution < -0.4 is 4.74 Å². The van der Waals surface area contributed by atoms with E-state index in [1.807, 2.05) is 54.6 Å². The zero-order chi connectivity index (χ0) is 12.4. The molecule has 0 radical (unpaired) electrons. The van der Waals surface area contributed by atoms with Gasteiger partial charge in [0.2, 0.25) is 5.88 Å². The summed E-state index contributed by atoms with van der Waals surface area (Å²) in [7, 11) is 1.62. The Morgan fingerprint density at radius 1 is 0.778 bits per heavy atom. The zero-order valence-corrected chi connectivity index (χ0v) is 10.00. The number of benzene rings is 2. The Bertz CT molecular complexity index is 680. The number of hydrogen-bond donors (Lipinski definition) is 0. The standard InChI is InChI=1S/C15H12N2O/c1-18-15-14(11-7-3-2-4-8-11)16-12-9-5-6-10-13(12)17-15/h2-10H,1H3.